The van der Waals surface area contributed by atoms with Gasteiger partial charge in [0.1, 0.15) is 29.2 Å². The van der Waals surface area contributed by atoms with Crippen LogP contribution in [0.4, 0.5) is 30.7 Å². The standard InChI is InChI=1S/C19H13F7O3.C2H6/c20-12-3-10(16-2-1-9(7-27)8-28-16)4-13(21)17(12)19(25,26)29-11-5-14(22)18(24)15(23)6-11;1-2/h3-7,9,16H,1-2,8H2;1-2H3. The maximum absolute atomic E-state index is 14.3. The number of carbonyl (C=O) groups is 1. The predicted octanol–water partition coefficient (Wildman–Crippen LogP) is 6.20. The third-order valence-corrected chi connectivity index (χ3v) is 4.43. The third-order valence-electron chi connectivity index (χ3n) is 4.43. The molecule has 1 heterocycles. The van der Waals surface area contributed by atoms with Gasteiger partial charge in [-0.05, 0) is 30.5 Å². The Bertz CT molecular complexity index is 879. The number of halogens is 7. The van der Waals surface area contributed by atoms with Gasteiger partial charge < -0.3 is 14.3 Å². The summed E-state index contributed by atoms with van der Waals surface area (Å²) < 4.78 is 106. The second kappa shape index (κ2) is 10.1. The maximum Gasteiger partial charge on any atom is 0.432 e. The van der Waals surface area contributed by atoms with E-state index in [1.807, 2.05) is 13.8 Å². The molecule has 3 rings (SSSR count). The fourth-order valence-corrected chi connectivity index (χ4v) is 2.99. The molecule has 0 radical (unpaired) electrons. The Hall–Kier alpha value is -2.62. The fraction of sp³-hybridized carbons (Fsp3) is 0.381. The minimum atomic E-state index is -4.65. The van der Waals surface area contributed by atoms with Crippen molar-refractivity contribution in [2.75, 3.05) is 6.61 Å². The second-order valence-corrected chi connectivity index (χ2v) is 6.47. The van der Waals surface area contributed by atoms with Gasteiger partial charge in [0.05, 0.1) is 12.7 Å². The molecule has 1 fully saturated rings. The van der Waals surface area contributed by atoms with Gasteiger partial charge in [0.2, 0.25) is 0 Å². The number of aldehydes is 1. The van der Waals surface area contributed by atoms with Crippen LogP contribution in [-0.2, 0) is 15.6 Å². The molecule has 0 aromatic heterocycles. The molecule has 2 unspecified atom stereocenters. The Morgan fingerprint density at radius 2 is 1.48 bits per heavy atom. The number of hydrogen-bond donors (Lipinski definition) is 0. The van der Waals surface area contributed by atoms with E-state index in [4.69, 9.17) is 4.74 Å². The van der Waals surface area contributed by atoms with Crippen molar-refractivity contribution in [3.63, 3.8) is 0 Å². The number of alkyl halides is 2. The van der Waals surface area contributed by atoms with Crippen LogP contribution in [0.25, 0.3) is 0 Å². The first-order chi connectivity index (χ1) is 14.6. The van der Waals surface area contributed by atoms with Crippen molar-refractivity contribution in [1.82, 2.24) is 0 Å². The van der Waals surface area contributed by atoms with Gasteiger partial charge in [-0.2, -0.15) is 8.78 Å². The molecule has 0 N–H and O–H groups in total. The lowest BCUT2D eigenvalue weighted by Crippen LogP contribution is -2.26. The molecule has 0 spiro atoms. The van der Waals surface area contributed by atoms with E-state index in [9.17, 15) is 35.5 Å². The third kappa shape index (κ3) is 5.55. The Labute approximate surface area is 173 Å². The van der Waals surface area contributed by atoms with E-state index in [1.165, 1.54) is 0 Å². The summed E-state index contributed by atoms with van der Waals surface area (Å²) in [6.45, 7) is 4.03. The summed E-state index contributed by atoms with van der Waals surface area (Å²) in [5.41, 5.74) is -1.84. The molecule has 1 aliphatic rings. The second-order valence-electron chi connectivity index (χ2n) is 6.47. The molecule has 1 aliphatic heterocycles. The molecule has 10 heteroatoms. The van der Waals surface area contributed by atoms with Crippen LogP contribution in [0.3, 0.4) is 0 Å². The zero-order valence-corrected chi connectivity index (χ0v) is 16.5. The van der Waals surface area contributed by atoms with Crippen LogP contribution in [-0.4, -0.2) is 12.9 Å². The van der Waals surface area contributed by atoms with Crippen molar-refractivity contribution in [3.8, 4) is 5.75 Å². The van der Waals surface area contributed by atoms with Gasteiger partial charge in [0.25, 0.3) is 0 Å². The predicted molar refractivity (Wildman–Crippen MR) is 96.0 cm³/mol. The number of rotatable bonds is 5. The van der Waals surface area contributed by atoms with E-state index in [-0.39, 0.29) is 36.6 Å². The van der Waals surface area contributed by atoms with Gasteiger partial charge in [-0.15, -0.1) is 0 Å². The summed E-state index contributed by atoms with van der Waals surface area (Å²) in [7, 11) is 0. The lowest BCUT2D eigenvalue weighted by Gasteiger charge is -2.27. The molecule has 0 amide bonds. The van der Waals surface area contributed by atoms with Gasteiger partial charge in [-0.1, -0.05) is 13.8 Å². The summed E-state index contributed by atoms with van der Waals surface area (Å²) in [5, 5.41) is 0. The minimum absolute atomic E-state index is 0.0279. The fourth-order valence-electron chi connectivity index (χ4n) is 2.99. The topological polar surface area (TPSA) is 35.5 Å². The molecule has 2 atom stereocenters. The number of benzene rings is 2. The van der Waals surface area contributed by atoms with Crippen LogP contribution in [0.1, 0.15) is 43.9 Å². The first-order valence-corrected chi connectivity index (χ1v) is 9.40. The van der Waals surface area contributed by atoms with Crippen molar-refractivity contribution in [3.05, 3.63) is 64.5 Å². The van der Waals surface area contributed by atoms with Crippen LogP contribution in [0.15, 0.2) is 24.3 Å². The number of carbonyl (C=O) groups excluding carboxylic acids is 1. The zero-order valence-electron chi connectivity index (χ0n) is 16.5. The van der Waals surface area contributed by atoms with Gasteiger partial charge in [-0.25, -0.2) is 22.0 Å². The van der Waals surface area contributed by atoms with Gasteiger partial charge in [-0.3, -0.25) is 0 Å². The molecule has 170 valence electrons. The number of hydrogen-bond acceptors (Lipinski definition) is 3. The Morgan fingerprint density at radius 1 is 0.935 bits per heavy atom. The Morgan fingerprint density at radius 3 is 1.94 bits per heavy atom. The summed E-state index contributed by atoms with van der Waals surface area (Å²) in [5.74, 6) is -10.4. The van der Waals surface area contributed by atoms with E-state index in [0.29, 0.717) is 24.8 Å². The highest BCUT2D eigenvalue weighted by Crippen LogP contribution is 2.38. The van der Waals surface area contributed by atoms with Crippen molar-refractivity contribution in [2.24, 2.45) is 5.92 Å². The molecular weight excluding hydrogens is 433 g/mol. The van der Waals surface area contributed by atoms with E-state index in [1.54, 1.807) is 0 Å². The quantitative estimate of drug-likeness (QED) is 0.308. The molecule has 0 aliphatic carbocycles. The summed E-state index contributed by atoms with van der Waals surface area (Å²) in [4.78, 5) is 10.7. The van der Waals surface area contributed by atoms with E-state index < -0.39 is 52.6 Å². The van der Waals surface area contributed by atoms with Crippen LogP contribution < -0.4 is 4.74 Å². The monoisotopic (exact) mass is 452 g/mol. The molecule has 2 aromatic rings. The van der Waals surface area contributed by atoms with Gasteiger partial charge >= 0.3 is 6.11 Å². The lowest BCUT2D eigenvalue weighted by molar-refractivity contribution is -0.189. The van der Waals surface area contributed by atoms with Crippen molar-refractivity contribution in [1.29, 1.82) is 0 Å². The summed E-state index contributed by atoms with van der Waals surface area (Å²) in [6, 6.07) is 1.51. The number of ether oxygens (including phenoxy) is 2. The summed E-state index contributed by atoms with van der Waals surface area (Å²) in [6.07, 6.45) is -4.10. The average Bonchev–Trinajstić information content (AvgIpc) is 2.72. The van der Waals surface area contributed by atoms with Crippen LogP contribution in [0, 0.1) is 35.0 Å². The van der Waals surface area contributed by atoms with Crippen LogP contribution >= 0.6 is 0 Å². The molecule has 3 nitrogen and oxygen atoms in total. The molecule has 2 aromatic carbocycles. The minimum Gasteiger partial charge on any atom is -0.429 e. The highest BCUT2D eigenvalue weighted by Gasteiger charge is 2.42. The zero-order chi connectivity index (χ0) is 23.3. The SMILES string of the molecule is CC.O=CC1CCC(c2cc(F)c(C(F)(F)Oc3cc(F)c(F)c(F)c3)c(F)c2)OC1. The molecule has 0 saturated carbocycles. The van der Waals surface area contributed by atoms with E-state index >= 15 is 0 Å². The van der Waals surface area contributed by atoms with Crippen molar-refractivity contribution < 1.29 is 45.0 Å². The lowest BCUT2D eigenvalue weighted by atomic mass is 9.94. The Balaban J connectivity index is 0.00000166. The average molecular weight is 452 g/mol. The molecule has 31 heavy (non-hydrogen) atoms. The largest absolute Gasteiger partial charge is 0.432 e. The molecule has 0 bridgehead atoms. The highest BCUT2D eigenvalue weighted by molar-refractivity contribution is 5.53. The first kappa shape index (κ1) is 24.6. The van der Waals surface area contributed by atoms with Crippen molar-refractivity contribution in [2.45, 2.75) is 38.9 Å². The first-order valence-electron chi connectivity index (χ1n) is 9.40. The van der Waals surface area contributed by atoms with E-state index in [2.05, 4.69) is 4.74 Å². The Kier molecular flexibility index (Phi) is 8.05. The normalized spacial score (nSPS) is 18.7. The smallest absolute Gasteiger partial charge is 0.429 e. The van der Waals surface area contributed by atoms with E-state index in [0.717, 1.165) is 0 Å². The van der Waals surface area contributed by atoms with Gasteiger partial charge in [0, 0.05) is 18.1 Å². The molecule has 1 saturated heterocycles. The summed E-state index contributed by atoms with van der Waals surface area (Å²) >= 11 is 0. The van der Waals surface area contributed by atoms with Gasteiger partial charge in [0.15, 0.2) is 17.5 Å². The van der Waals surface area contributed by atoms with Crippen LogP contribution in [0.2, 0.25) is 0 Å². The highest BCUT2D eigenvalue weighted by atomic mass is 19.3. The van der Waals surface area contributed by atoms with Crippen molar-refractivity contribution >= 4 is 6.29 Å². The van der Waals surface area contributed by atoms with Crippen LogP contribution in [0.5, 0.6) is 5.75 Å². The maximum atomic E-state index is 14.3. The molecular formula is C21H19F7O3.